The molecule has 0 saturated carbocycles. The molecule has 4 rings (SSSR count). The first-order valence-electron chi connectivity index (χ1n) is 9.30. The molecule has 10 heteroatoms. The number of benzene rings is 1. The maximum absolute atomic E-state index is 12.4. The van der Waals surface area contributed by atoms with Crippen molar-refractivity contribution in [3.63, 3.8) is 0 Å². The Morgan fingerprint density at radius 2 is 1.90 bits per heavy atom. The summed E-state index contributed by atoms with van der Waals surface area (Å²) in [6, 6.07) is 10.4. The monoisotopic (exact) mass is 424 g/mol. The molecule has 0 amide bonds. The molecular formula is C21H18F2N6O2. The van der Waals surface area contributed by atoms with Crippen molar-refractivity contribution in [3.05, 3.63) is 60.3 Å². The molecule has 158 valence electrons. The van der Waals surface area contributed by atoms with Crippen LogP contribution in [-0.2, 0) is 6.54 Å². The second-order valence-electron chi connectivity index (χ2n) is 6.57. The summed E-state index contributed by atoms with van der Waals surface area (Å²) >= 11 is 0. The van der Waals surface area contributed by atoms with Crippen LogP contribution in [0.5, 0.6) is 11.5 Å². The number of nitrogens with one attached hydrogen (secondary N) is 1. The number of fused-ring (bicyclic) bond motifs is 1. The lowest BCUT2D eigenvalue weighted by molar-refractivity contribution is -0.0500. The van der Waals surface area contributed by atoms with Crippen LogP contribution in [0.2, 0.25) is 0 Å². The maximum Gasteiger partial charge on any atom is 0.387 e. The summed E-state index contributed by atoms with van der Waals surface area (Å²) in [4.78, 5) is 12.9. The van der Waals surface area contributed by atoms with Crippen molar-refractivity contribution < 1.29 is 18.3 Å². The molecular weight excluding hydrogens is 406 g/mol. The van der Waals surface area contributed by atoms with Gasteiger partial charge in [-0.25, -0.2) is 9.97 Å². The van der Waals surface area contributed by atoms with Gasteiger partial charge in [-0.2, -0.15) is 19.0 Å². The van der Waals surface area contributed by atoms with Crippen molar-refractivity contribution in [2.24, 2.45) is 0 Å². The molecule has 1 aromatic carbocycles. The number of methoxy groups -OCH3 is 1. The van der Waals surface area contributed by atoms with E-state index in [9.17, 15) is 8.78 Å². The largest absolute Gasteiger partial charge is 0.494 e. The smallest absolute Gasteiger partial charge is 0.387 e. The van der Waals surface area contributed by atoms with Gasteiger partial charge in [0.25, 0.3) is 0 Å². The van der Waals surface area contributed by atoms with E-state index in [1.54, 1.807) is 19.2 Å². The molecule has 0 fully saturated rings. The molecule has 3 aromatic heterocycles. The predicted octanol–water partition coefficient (Wildman–Crippen LogP) is 4.01. The van der Waals surface area contributed by atoms with Crippen molar-refractivity contribution in [1.82, 2.24) is 25.1 Å². The van der Waals surface area contributed by atoms with Crippen LogP contribution in [0, 0.1) is 6.92 Å². The van der Waals surface area contributed by atoms with Crippen LogP contribution in [-0.4, -0.2) is 38.9 Å². The van der Waals surface area contributed by atoms with Crippen molar-refractivity contribution in [3.8, 4) is 22.8 Å². The lowest BCUT2D eigenvalue weighted by atomic mass is 10.1. The Hall–Kier alpha value is -3.95. The SMILES string of the molecule is COc1cc(-c2ccc(OC(F)F)cn2)cc2c(NCc3ccc(C)nn3)ncnc12. The van der Waals surface area contributed by atoms with Crippen LogP contribution >= 0.6 is 0 Å². The van der Waals surface area contributed by atoms with Crippen molar-refractivity contribution in [2.75, 3.05) is 12.4 Å². The van der Waals surface area contributed by atoms with E-state index in [0.717, 1.165) is 11.4 Å². The fourth-order valence-electron chi connectivity index (χ4n) is 3.00. The molecule has 0 unspecified atom stereocenters. The lowest BCUT2D eigenvalue weighted by Crippen LogP contribution is -2.06. The van der Waals surface area contributed by atoms with Crippen LogP contribution < -0.4 is 14.8 Å². The number of anilines is 1. The minimum Gasteiger partial charge on any atom is -0.494 e. The van der Waals surface area contributed by atoms with Gasteiger partial charge in [0, 0.05) is 10.9 Å². The topological polar surface area (TPSA) is 94.9 Å². The number of hydrogen-bond donors (Lipinski definition) is 1. The maximum atomic E-state index is 12.4. The van der Waals surface area contributed by atoms with E-state index in [0.29, 0.717) is 40.3 Å². The number of halogens is 2. The van der Waals surface area contributed by atoms with Gasteiger partial charge >= 0.3 is 6.61 Å². The third-order valence-corrected chi connectivity index (χ3v) is 4.47. The molecule has 1 N–H and O–H groups in total. The fraction of sp³-hybridized carbons (Fsp3) is 0.190. The highest BCUT2D eigenvalue weighted by atomic mass is 19.3. The Morgan fingerprint density at radius 3 is 2.58 bits per heavy atom. The molecule has 8 nitrogen and oxygen atoms in total. The van der Waals surface area contributed by atoms with E-state index >= 15 is 0 Å². The van der Waals surface area contributed by atoms with E-state index < -0.39 is 6.61 Å². The molecule has 4 aromatic rings. The van der Waals surface area contributed by atoms with Gasteiger partial charge in [0.15, 0.2) is 0 Å². The first-order valence-corrected chi connectivity index (χ1v) is 9.30. The minimum absolute atomic E-state index is 0.0172. The quantitative estimate of drug-likeness (QED) is 0.476. The Labute approximate surface area is 176 Å². The highest BCUT2D eigenvalue weighted by Crippen LogP contribution is 2.33. The van der Waals surface area contributed by atoms with Gasteiger partial charge in [-0.15, -0.1) is 0 Å². The van der Waals surface area contributed by atoms with E-state index in [4.69, 9.17) is 4.74 Å². The summed E-state index contributed by atoms with van der Waals surface area (Å²) in [5.41, 5.74) is 3.48. The average molecular weight is 424 g/mol. The number of pyridine rings is 1. The van der Waals surface area contributed by atoms with Gasteiger partial charge in [-0.1, -0.05) is 0 Å². The summed E-state index contributed by atoms with van der Waals surface area (Å²) < 4.78 is 34.6. The zero-order valence-corrected chi connectivity index (χ0v) is 16.7. The number of aromatic nitrogens is 5. The van der Waals surface area contributed by atoms with Crippen LogP contribution in [0.25, 0.3) is 22.2 Å². The van der Waals surface area contributed by atoms with E-state index in [-0.39, 0.29) is 5.75 Å². The molecule has 3 heterocycles. The average Bonchev–Trinajstić information content (AvgIpc) is 2.78. The van der Waals surface area contributed by atoms with Gasteiger partial charge in [-0.05, 0) is 43.3 Å². The summed E-state index contributed by atoms with van der Waals surface area (Å²) in [6.07, 6.45) is 2.69. The summed E-state index contributed by atoms with van der Waals surface area (Å²) in [5, 5.41) is 12.2. The van der Waals surface area contributed by atoms with Crippen LogP contribution in [0.3, 0.4) is 0 Å². The Bertz CT molecular complexity index is 1190. The molecule has 31 heavy (non-hydrogen) atoms. The van der Waals surface area contributed by atoms with E-state index in [1.807, 2.05) is 25.1 Å². The number of alkyl halides is 2. The number of ether oxygens (including phenoxy) is 2. The third kappa shape index (κ3) is 4.63. The van der Waals surface area contributed by atoms with Gasteiger partial charge in [0.2, 0.25) is 0 Å². The highest BCUT2D eigenvalue weighted by molar-refractivity contribution is 5.96. The number of rotatable bonds is 7. The molecule has 0 atom stereocenters. The van der Waals surface area contributed by atoms with Crippen molar-refractivity contribution >= 4 is 16.7 Å². The minimum atomic E-state index is -2.91. The predicted molar refractivity (Wildman–Crippen MR) is 110 cm³/mol. The second kappa shape index (κ2) is 8.82. The molecule has 0 saturated heterocycles. The molecule has 0 spiro atoms. The zero-order valence-electron chi connectivity index (χ0n) is 16.7. The van der Waals surface area contributed by atoms with Gasteiger partial charge < -0.3 is 14.8 Å². The molecule has 0 radical (unpaired) electrons. The number of nitrogens with zero attached hydrogens (tertiary/aromatic N) is 5. The van der Waals surface area contributed by atoms with Crippen molar-refractivity contribution in [1.29, 1.82) is 0 Å². The van der Waals surface area contributed by atoms with Crippen LogP contribution in [0.15, 0.2) is 48.9 Å². The Balaban J connectivity index is 1.69. The van der Waals surface area contributed by atoms with Crippen molar-refractivity contribution in [2.45, 2.75) is 20.1 Å². The molecule has 0 aliphatic carbocycles. The van der Waals surface area contributed by atoms with Crippen LogP contribution in [0.4, 0.5) is 14.6 Å². The van der Waals surface area contributed by atoms with E-state index in [2.05, 4.69) is 35.2 Å². The summed E-state index contributed by atoms with van der Waals surface area (Å²) in [5.74, 6) is 1.10. The van der Waals surface area contributed by atoms with Crippen LogP contribution in [0.1, 0.15) is 11.4 Å². The Morgan fingerprint density at radius 1 is 1.03 bits per heavy atom. The number of aryl methyl sites for hydroxylation is 1. The van der Waals surface area contributed by atoms with Gasteiger partial charge in [-0.3, -0.25) is 4.98 Å². The first-order chi connectivity index (χ1) is 15.0. The first kappa shape index (κ1) is 20.3. The fourth-order valence-corrected chi connectivity index (χ4v) is 3.00. The molecule has 0 aliphatic heterocycles. The molecule has 0 aliphatic rings. The summed E-state index contributed by atoms with van der Waals surface area (Å²) in [7, 11) is 1.54. The second-order valence-corrected chi connectivity index (χ2v) is 6.57. The zero-order chi connectivity index (χ0) is 21.8. The standard InChI is InChI=1S/C21H18F2N6O2/c1-12-3-4-14(29-28-12)9-25-20-16-7-13(8-18(30-2)19(16)26-11-27-20)17-6-5-15(10-24-17)31-21(22)23/h3-8,10-11,21H,9H2,1-2H3,(H,25,26,27). The van der Waals surface area contributed by atoms with E-state index in [1.165, 1.54) is 18.6 Å². The normalized spacial score (nSPS) is 11.0. The Kier molecular flexibility index (Phi) is 5.78. The summed E-state index contributed by atoms with van der Waals surface area (Å²) in [6.45, 7) is -0.614. The lowest BCUT2D eigenvalue weighted by Gasteiger charge is -2.12. The van der Waals surface area contributed by atoms with Gasteiger partial charge in [0.05, 0.1) is 36.9 Å². The van der Waals surface area contributed by atoms with Gasteiger partial charge in [0.1, 0.15) is 29.2 Å². The third-order valence-electron chi connectivity index (χ3n) is 4.47. The number of hydrogen-bond acceptors (Lipinski definition) is 8. The molecule has 0 bridgehead atoms. The highest BCUT2D eigenvalue weighted by Gasteiger charge is 2.13.